The summed E-state index contributed by atoms with van der Waals surface area (Å²) in [5, 5.41) is 8.45. The van der Waals surface area contributed by atoms with Crippen LogP contribution in [0.1, 0.15) is 0 Å². The molecule has 0 fully saturated rings. The summed E-state index contributed by atoms with van der Waals surface area (Å²) in [6.45, 7) is 0. The molecule has 0 unspecified atom stereocenters. The van der Waals surface area contributed by atoms with Gasteiger partial charge in [0.05, 0.1) is 0 Å². The summed E-state index contributed by atoms with van der Waals surface area (Å²) in [6.07, 6.45) is -2.31. The summed E-state index contributed by atoms with van der Waals surface area (Å²) < 4.78 is 20.5. The van der Waals surface area contributed by atoms with E-state index in [1.807, 2.05) is 0 Å². The summed E-state index contributed by atoms with van der Waals surface area (Å²) in [4.78, 5) is 0. The van der Waals surface area contributed by atoms with Gasteiger partial charge in [-0.2, -0.15) is 0 Å². The molecule has 0 spiro atoms. The summed E-state index contributed by atoms with van der Waals surface area (Å²) in [5.74, 6) is 0. The van der Waals surface area contributed by atoms with Crippen LogP contribution in [0.4, 0.5) is 8.78 Å². The average Bonchev–Trinajstić information content (AvgIpc) is 1.38. The molecule has 0 heterocycles. The Morgan fingerprint density at radius 3 is 1.80 bits per heavy atom. The molecule has 0 aromatic rings. The standard InChI is InChI=1S/CHF2NO/c2-1(3)4-5/h5H. The average molecular weight is 81.0 g/mol. The monoisotopic (exact) mass is 81.0 g/mol. The van der Waals surface area contributed by atoms with E-state index in [-0.39, 0.29) is 0 Å². The number of rotatable bonds is 0. The van der Waals surface area contributed by atoms with Crippen LogP contribution >= 0.6 is 0 Å². The minimum atomic E-state index is -2.31. The first-order valence-electron chi connectivity index (χ1n) is 0.802. The largest absolute Gasteiger partial charge is 0.407 e. The zero-order chi connectivity index (χ0) is 4.28. The molecule has 0 aliphatic carbocycles. The minimum absolute atomic E-state index is 1.47. The highest BCUT2D eigenvalue weighted by Gasteiger charge is 1.80. The van der Waals surface area contributed by atoms with Crippen LogP contribution in [0.5, 0.6) is 0 Å². The highest BCUT2D eigenvalue weighted by atomic mass is 19.3. The van der Waals surface area contributed by atoms with Gasteiger partial charge >= 0.3 is 6.22 Å². The predicted molar refractivity (Wildman–Crippen MR) is 11.4 cm³/mol. The van der Waals surface area contributed by atoms with Crippen LogP contribution in [-0.4, -0.2) is 11.4 Å². The lowest BCUT2D eigenvalue weighted by Gasteiger charge is -1.62. The van der Waals surface area contributed by atoms with Crippen molar-refractivity contribution >= 4 is 6.22 Å². The highest BCUT2D eigenvalue weighted by Crippen LogP contribution is 1.73. The molecule has 0 bridgehead atoms. The van der Waals surface area contributed by atoms with Crippen LogP contribution in [0.15, 0.2) is 5.16 Å². The van der Waals surface area contributed by atoms with Crippen molar-refractivity contribution in [3.8, 4) is 0 Å². The van der Waals surface area contributed by atoms with Crippen LogP contribution in [-0.2, 0) is 0 Å². The minimum Gasteiger partial charge on any atom is -0.407 e. The summed E-state index contributed by atoms with van der Waals surface area (Å²) in [7, 11) is 0. The normalized spacial score (nSPS) is 6.80. The first-order valence-corrected chi connectivity index (χ1v) is 0.802. The Morgan fingerprint density at radius 2 is 1.80 bits per heavy atom. The molecule has 2 nitrogen and oxygen atoms in total. The van der Waals surface area contributed by atoms with Crippen molar-refractivity contribution in [2.45, 2.75) is 0 Å². The van der Waals surface area contributed by atoms with Gasteiger partial charge in [-0.25, -0.2) is 0 Å². The molecule has 0 aliphatic rings. The third kappa shape index (κ3) is 3.33. The van der Waals surface area contributed by atoms with Crippen molar-refractivity contribution in [3.05, 3.63) is 0 Å². The maximum atomic E-state index is 10.3. The van der Waals surface area contributed by atoms with Gasteiger partial charge in [-0.15, -0.1) is 8.78 Å². The summed E-state index contributed by atoms with van der Waals surface area (Å²) in [6, 6.07) is 0. The van der Waals surface area contributed by atoms with Gasteiger partial charge < -0.3 is 5.21 Å². The van der Waals surface area contributed by atoms with E-state index in [2.05, 4.69) is 0 Å². The molecule has 0 saturated heterocycles. The van der Waals surface area contributed by atoms with E-state index >= 15 is 0 Å². The summed E-state index contributed by atoms with van der Waals surface area (Å²) in [5.41, 5.74) is 0. The van der Waals surface area contributed by atoms with Gasteiger partial charge in [-0.1, -0.05) is 0 Å². The van der Waals surface area contributed by atoms with Crippen molar-refractivity contribution in [3.63, 3.8) is 0 Å². The Balaban J connectivity index is 3.14. The smallest absolute Gasteiger partial charge is 0.397 e. The molecule has 1 N–H and O–H groups in total. The third-order valence-corrected chi connectivity index (χ3v) is 0.0756. The van der Waals surface area contributed by atoms with E-state index in [1.54, 1.807) is 0 Å². The molecule has 0 rings (SSSR count). The molecule has 0 radical (unpaired) electrons. The predicted octanol–water partition coefficient (Wildman–Crippen LogP) is 0.671. The van der Waals surface area contributed by atoms with Crippen molar-refractivity contribution in [1.82, 2.24) is 0 Å². The zero-order valence-electron chi connectivity index (χ0n) is 2.15. The van der Waals surface area contributed by atoms with Gasteiger partial charge in [-0.3, -0.25) is 0 Å². The lowest BCUT2D eigenvalue weighted by atomic mass is 11.5. The number of oxime groups is 1. The SMILES string of the molecule is ON=C(F)F. The maximum absolute atomic E-state index is 10.3. The fourth-order valence-electron chi connectivity index (χ4n) is 0. The first kappa shape index (κ1) is 4.33. The number of hydrogen-bond acceptors (Lipinski definition) is 2. The fraction of sp³-hybridized carbons (Fsp3) is 0. The molecule has 0 aromatic heterocycles. The van der Waals surface area contributed by atoms with Crippen LogP contribution < -0.4 is 0 Å². The van der Waals surface area contributed by atoms with Crippen LogP contribution in [0.25, 0.3) is 0 Å². The summed E-state index contributed by atoms with van der Waals surface area (Å²) >= 11 is 0. The topological polar surface area (TPSA) is 32.6 Å². The van der Waals surface area contributed by atoms with Gasteiger partial charge in [0.25, 0.3) is 0 Å². The van der Waals surface area contributed by atoms with E-state index < -0.39 is 6.22 Å². The molecule has 0 aromatic carbocycles. The Bertz CT molecular complexity index is 47.6. The quantitative estimate of drug-likeness (QED) is 0.259. The molecule has 0 aliphatic heterocycles. The second-order valence-corrected chi connectivity index (χ2v) is 0.340. The van der Waals surface area contributed by atoms with Gasteiger partial charge in [0, 0.05) is 0 Å². The molecule has 0 amide bonds. The lowest BCUT2D eigenvalue weighted by Crippen LogP contribution is -1.67. The third-order valence-electron chi connectivity index (χ3n) is 0.0756. The fourth-order valence-corrected chi connectivity index (χ4v) is 0. The van der Waals surface area contributed by atoms with E-state index in [9.17, 15) is 8.78 Å². The maximum Gasteiger partial charge on any atom is 0.397 e. The van der Waals surface area contributed by atoms with Gasteiger partial charge in [-0.05, 0) is 5.16 Å². The van der Waals surface area contributed by atoms with Gasteiger partial charge in [0.15, 0.2) is 0 Å². The zero-order valence-corrected chi connectivity index (χ0v) is 2.15. The van der Waals surface area contributed by atoms with E-state index in [1.165, 1.54) is 5.16 Å². The molecule has 4 heteroatoms. The van der Waals surface area contributed by atoms with E-state index in [4.69, 9.17) is 5.21 Å². The van der Waals surface area contributed by atoms with Crippen molar-refractivity contribution < 1.29 is 14.0 Å². The Morgan fingerprint density at radius 1 is 1.60 bits per heavy atom. The number of nitrogens with zero attached hydrogens (tertiary/aromatic N) is 1. The van der Waals surface area contributed by atoms with Gasteiger partial charge in [0.1, 0.15) is 0 Å². The van der Waals surface area contributed by atoms with Crippen LogP contribution in [0.2, 0.25) is 0 Å². The van der Waals surface area contributed by atoms with Crippen LogP contribution in [0, 0.1) is 0 Å². The molecule has 0 saturated carbocycles. The molecular weight excluding hydrogens is 80.0 g/mol. The number of halogens is 2. The molecule has 5 heavy (non-hydrogen) atoms. The molecule has 30 valence electrons. The second-order valence-electron chi connectivity index (χ2n) is 0.340. The van der Waals surface area contributed by atoms with Crippen LogP contribution in [0.3, 0.4) is 0 Å². The van der Waals surface area contributed by atoms with Crippen molar-refractivity contribution in [1.29, 1.82) is 0 Å². The lowest BCUT2D eigenvalue weighted by molar-refractivity contribution is 0.299. The van der Waals surface area contributed by atoms with Crippen molar-refractivity contribution in [2.75, 3.05) is 0 Å². The molecule has 0 atom stereocenters. The van der Waals surface area contributed by atoms with Gasteiger partial charge in [0.2, 0.25) is 0 Å². The Kier molecular flexibility index (Phi) is 1.41. The highest BCUT2D eigenvalue weighted by molar-refractivity contribution is 5.62. The number of hydrogen-bond donors (Lipinski definition) is 1. The molecular formula is CHF2NO. The van der Waals surface area contributed by atoms with E-state index in [0.29, 0.717) is 0 Å². The second kappa shape index (κ2) is 1.63. The Hall–Kier alpha value is -0.670. The first-order chi connectivity index (χ1) is 2.27. The van der Waals surface area contributed by atoms with Crippen molar-refractivity contribution in [2.24, 2.45) is 5.16 Å². The van der Waals surface area contributed by atoms with E-state index in [0.717, 1.165) is 0 Å². The Labute approximate surface area is 26.7 Å².